The quantitative estimate of drug-likeness (QED) is 0.839. The Bertz CT molecular complexity index is 485. The molecule has 0 spiro atoms. The zero-order valence-electron chi connectivity index (χ0n) is 12.1. The van der Waals surface area contributed by atoms with Crippen LogP contribution in [0.15, 0.2) is 24.3 Å². The molecular weight excluding hydrogens is 258 g/mol. The Kier molecular flexibility index (Phi) is 4.04. The van der Waals surface area contributed by atoms with Crippen molar-refractivity contribution in [1.82, 2.24) is 9.96 Å². The number of carbonyl (C=O) groups is 1. The second kappa shape index (κ2) is 5.58. The van der Waals surface area contributed by atoms with E-state index >= 15 is 0 Å². The molecule has 0 unspecified atom stereocenters. The van der Waals surface area contributed by atoms with E-state index in [0.717, 1.165) is 0 Å². The number of carbonyl (C=O) groups excluding carboxylic acids is 1. The predicted octanol–water partition coefficient (Wildman–Crippen LogP) is 2.07. The summed E-state index contributed by atoms with van der Waals surface area (Å²) in [5.41, 5.74) is 5.85. The Hall–Kier alpha value is -1.95. The van der Waals surface area contributed by atoms with Crippen LogP contribution in [0.25, 0.3) is 0 Å². The number of hydroxylamine groups is 2. The van der Waals surface area contributed by atoms with E-state index < -0.39 is 5.60 Å². The lowest BCUT2D eigenvalue weighted by Crippen LogP contribution is -2.37. The van der Waals surface area contributed by atoms with E-state index in [1.54, 1.807) is 22.1 Å². The first-order valence-corrected chi connectivity index (χ1v) is 6.60. The van der Waals surface area contributed by atoms with Gasteiger partial charge in [0.25, 0.3) is 0 Å². The summed E-state index contributed by atoms with van der Waals surface area (Å²) >= 11 is 0. The second-order valence-corrected chi connectivity index (χ2v) is 5.75. The largest absolute Gasteiger partial charge is 0.444 e. The van der Waals surface area contributed by atoms with Crippen molar-refractivity contribution in [3.05, 3.63) is 24.3 Å². The highest BCUT2D eigenvalue weighted by Gasteiger charge is 2.29. The molecule has 0 aliphatic carbocycles. The third kappa shape index (κ3) is 4.03. The molecule has 2 N–H and O–H groups in total. The summed E-state index contributed by atoms with van der Waals surface area (Å²) in [6.07, 6.45) is -0.323. The van der Waals surface area contributed by atoms with E-state index in [0.29, 0.717) is 31.2 Å². The van der Waals surface area contributed by atoms with Gasteiger partial charge in [0, 0.05) is 18.3 Å². The summed E-state index contributed by atoms with van der Waals surface area (Å²) in [5, 5.41) is 1.71. The topological polar surface area (TPSA) is 68.0 Å². The Morgan fingerprint density at radius 3 is 2.70 bits per heavy atom. The molecule has 6 heteroatoms. The van der Waals surface area contributed by atoms with Gasteiger partial charge in [-0.25, -0.2) is 4.79 Å². The van der Waals surface area contributed by atoms with E-state index in [9.17, 15) is 4.79 Å². The molecule has 1 amide bonds. The number of hydrogen-bond acceptors (Lipinski definition) is 5. The lowest BCUT2D eigenvalue weighted by molar-refractivity contribution is -0.0515. The molecule has 6 nitrogen and oxygen atoms in total. The highest BCUT2D eigenvalue weighted by molar-refractivity contribution is 5.68. The Morgan fingerprint density at radius 2 is 2.05 bits per heavy atom. The zero-order valence-corrected chi connectivity index (χ0v) is 12.1. The summed E-state index contributed by atoms with van der Waals surface area (Å²) < 4.78 is 5.32. The molecule has 1 aliphatic rings. The highest BCUT2D eigenvalue weighted by Crippen LogP contribution is 2.18. The molecule has 1 heterocycles. The molecule has 2 rings (SSSR count). The molecule has 1 aromatic carbocycles. The summed E-state index contributed by atoms with van der Waals surface area (Å²) in [6.45, 7) is 7.14. The Balaban J connectivity index is 1.88. The number of nitrogens with zero attached hydrogens (tertiary/aromatic N) is 2. The van der Waals surface area contributed by atoms with Crippen molar-refractivity contribution in [3.63, 3.8) is 0 Å². The van der Waals surface area contributed by atoms with Crippen molar-refractivity contribution in [1.29, 1.82) is 0 Å². The van der Waals surface area contributed by atoms with Gasteiger partial charge in [-0.2, -0.15) is 0 Å². The molecule has 1 aliphatic heterocycles. The first-order valence-electron chi connectivity index (χ1n) is 6.60. The van der Waals surface area contributed by atoms with Crippen LogP contribution >= 0.6 is 0 Å². The molecule has 0 saturated carbocycles. The third-order valence-electron chi connectivity index (χ3n) is 2.69. The van der Waals surface area contributed by atoms with Crippen LogP contribution in [-0.2, 0) is 4.74 Å². The number of anilines is 1. The van der Waals surface area contributed by atoms with Crippen molar-refractivity contribution in [3.8, 4) is 5.75 Å². The van der Waals surface area contributed by atoms with Gasteiger partial charge in [0.2, 0.25) is 0 Å². The monoisotopic (exact) mass is 279 g/mol. The average molecular weight is 279 g/mol. The van der Waals surface area contributed by atoms with Crippen LogP contribution in [0.5, 0.6) is 5.75 Å². The van der Waals surface area contributed by atoms with Gasteiger partial charge in [-0.3, -0.25) is 4.90 Å². The minimum absolute atomic E-state index is 0.323. The van der Waals surface area contributed by atoms with Gasteiger partial charge >= 0.3 is 6.09 Å². The minimum Gasteiger partial charge on any atom is -0.444 e. The lowest BCUT2D eigenvalue weighted by Gasteiger charge is -2.24. The Labute approximate surface area is 119 Å². The molecular formula is C14H21N3O3. The Morgan fingerprint density at radius 1 is 1.30 bits per heavy atom. The summed E-state index contributed by atoms with van der Waals surface area (Å²) in [7, 11) is 0. The molecule has 110 valence electrons. The number of hydrogen-bond donors (Lipinski definition) is 1. The fourth-order valence-corrected chi connectivity index (χ4v) is 1.83. The fraction of sp³-hybridized carbons (Fsp3) is 0.500. The highest BCUT2D eigenvalue weighted by atomic mass is 16.7. The van der Waals surface area contributed by atoms with Crippen LogP contribution in [0.2, 0.25) is 0 Å². The maximum Gasteiger partial charge on any atom is 0.411 e. The minimum atomic E-state index is -0.487. The maximum absolute atomic E-state index is 11.9. The number of ether oxygens (including phenoxy) is 1. The van der Waals surface area contributed by atoms with Gasteiger partial charge < -0.3 is 15.3 Å². The van der Waals surface area contributed by atoms with Gasteiger partial charge in [-0.05, 0) is 32.9 Å². The van der Waals surface area contributed by atoms with E-state index in [1.807, 2.05) is 32.9 Å². The molecule has 0 aromatic heterocycles. The molecule has 1 saturated heterocycles. The van der Waals surface area contributed by atoms with Crippen LogP contribution in [0, 0.1) is 0 Å². The number of nitrogen functional groups attached to an aromatic ring is 1. The second-order valence-electron chi connectivity index (χ2n) is 5.75. The summed E-state index contributed by atoms with van der Waals surface area (Å²) in [5.74, 6) is 0.663. The first kappa shape index (κ1) is 14.5. The fourth-order valence-electron chi connectivity index (χ4n) is 1.83. The van der Waals surface area contributed by atoms with E-state index in [-0.39, 0.29) is 6.09 Å². The van der Waals surface area contributed by atoms with Crippen LogP contribution in [-0.4, -0.2) is 41.4 Å². The molecule has 0 bridgehead atoms. The van der Waals surface area contributed by atoms with Crippen molar-refractivity contribution < 1.29 is 14.4 Å². The number of rotatable bonds is 2. The first-order chi connectivity index (χ1) is 9.33. The third-order valence-corrected chi connectivity index (χ3v) is 2.69. The summed E-state index contributed by atoms with van der Waals surface area (Å²) in [6, 6.07) is 7.19. The zero-order chi connectivity index (χ0) is 14.8. The van der Waals surface area contributed by atoms with E-state index in [4.69, 9.17) is 15.3 Å². The van der Waals surface area contributed by atoms with Gasteiger partial charge in [-0.1, -0.05) is 6.07 Å². The molecule has 0 radical (unpaired) electrons. The molecule has 1 fully saturated rings. The molecule has 1 aromatic rings. The van der Waals surface area contributed by atoms with Crippen LogP contribution < -0.4 is 10.6 Å². The SMILES string of the molecule is CC(C)(C)OC(=O)N1CCN(Oc2cccc(N)c2)C1. The van der Waals surface area contributed by atoms with E-state index in [2.05, 4.69) is 0 Å². The van der Waals surface area contributed by atoms with Crippen molar-refractivity contribution in [2.45, 2.75) is 26.4 Å². The van der Waals surface area contributed by atoms with Crippen LogP contribution in [0.3, 0.4) is 0 Å². The normalized spacial score (nSPS) is 16.2. The van der Waals surface area contributed by atoms with Crippen LogP contribution in [0.1, 0.15) is 20.8 Å². The van der Waals surface area contributed by atoms with Gasteiger partial charge in [0.05, 0.1) is 6.54 Å². The van der Waals surface area contributed by atoms with Gasteiger partial charge in [0.1, 0.15) is 18.0 Å². The lowest BCUT2D eigenvalue weighted by atomic mass is 10.2. The predicted molar refractivity (Wildman–Crippen MR) is 76.0 cm³/mol. The number of benzene rings is 1. The van der Waals surface area contributed by atoms with E-state index in [1.165, 1.54) is 0 Å². The number of nitrogens with two attached hydrogens (primary N) is 1. The van der Waals surface area contributed by atoms with Crippen molar-refractivity contribution >= 4 is 11.8 Å². The van der Waals surface area contributed by atoms with Gasteiger partial charge in [0.15, 0.2) is 0 Å². The standard InChI is InChI=1S/C14H21N3O3/c1-14(2,3)19-13(18)16-7-8-17(10-16)20-12-6-4-5-11(15)9-12/h4-6,9H,7-8,10,15H2,1-3H3. The maximum atomic E-state index is 11.9. The molecule has 0 atom stereocenters. The van der Waals surface area contributed by atoms with Gasteiger partial charge in [-0.15, -0.1) is 5.06 Å². The molecule has 20 heavy (non-hydrogen) atoms. The van der Waals surface area contributed by atoms with Crippen molar-refractivity contribution in [2.75, 3.05) is 25.5 Å². The smallest absolute Gasteiger partial charge is 0.411 e. The van der Waals surface area contributed by atoms with Crippen molar-refractivity contribution in [2.24, 2.45) is 0 Å². The van der Waals surface area contributed by atoms with Crippen LogP contribution in [0.4, 0.5) is 10.5 Å². The summed E-state index contributed by atoms with van der Waals surface area (Å²) in [4.78, 5) is 19.2. The number of amides is 1. The average Bonchev–Trinajstić information content (AvgIpc) is 2.75.